The van der Waals surface area contributed by atoms with Crippen molar-refractivity contribution >= 4 is 22.0 Å². The number of benzene rings is 1. The highest BCUT2D eigenvalue weighted by atomic mass is 32.2. The van der Waals surface area contributed by atoms with Gasteiger partial charge in [0.25, 0.3) is 5.91 Å². The van der Waals surface area contributed by atoms with Crippen LogP contribution in [0.5, 0.6) is 0 Å². The molecule has 2 aliphatic rings. The van der Waals surface area contributed by atoms with Gasteiger partial charge in [-0.3, -0.25) is 4.79 Å². The molecule has 2 amide bonds. The van der Waals surface area contributed by atoms with E-state index in [0.717, 1.165) is 20.9 Å². The molecule has 0 spiro atoms. The molecule has 0 saturated carbocycles. The summed E-state index contributed by atoms with van der Waals surface area (Å²) in [4.78, 5) is 26.0. The van der Waals surface area contributed by atoms with Gasteiger partial charge in [0.05, 0.1) is 37.6 Å². The van der Waals surface area contributed by atoms with E-state index in [0.29, 0.717) is 31.1 Å². The molecular formula is C17H24N3O5S+. The fraction of sp³-hybridized carbons (Fsp3) is 0.529. The number of hydrogen-bond donors (Lipinski definition) is 1. The van der Waals surface area contributed by atoms with Gasteiger partial charge in [0.1, 0.15) is 6.61 Å². The molecule has 1 aromatic rings. The second kappa shape index (κ2) is 7.34. The molecule has 3 rings (SSSR count). The Morgan fingerprint density at radius 3 is 2.42 bits per heavy atom. The third-order valence-electron chi connectivity index (χ3n) is 5.01. The fourth-order valence-corrected chi connectivity index (χ4v) is 4.70. The maximum atomic E-state index is 12.8. The molecule has 0 unspecified atom stereocenters. The van der Waals surface area contributed by atoms with Gasteiger partial charge in [0.2, 0.25) is 10.0 Å². The maximum Gasteiger partial charge on any atom is 0.416 e. The molecular weight excluding hydrogens is 358 g/mol. The number of aryl methyl sites for hydroxylation is 2. The predicted molar refractivity (Wildman–Crippen MR) is 93.3 cm³/mol. The Balaban J connectivity index is 1.60. The van der Waals surface area contributed by atoms with Crippen LogP contribution in [0.15, 0.2) is 23.1 Å². The molecule has 1 aromatic carbocycles. The average Bonchev–Trinajstić information content (AvgIpc) is 3.04. The summed E-state index contributed by atoms with van der Waals surface area (Å²) in [6.45, 7) is 6.29. The van der Waals surface area contributed by atoms with E-state index in [9.17, 15) is 18.0 Å². The van der Waals surface area contributed by atoms with Crippen molar-refractivity contribution < 1.29 is 27.6 Å². The average molecular weight is 382 g/mol. The first-order valence-electron chi connectivity index (χ1n) is 8.67. The molecule has 0 aromatic heterocycles. The lowest BCUT2D eigenvalue weighted by atomic mass is 10.1. The van der Waals surface area contributed by atoms with Crippen molar-refractivity contribution in [2.45, 2.75) is 18.7 Å². The molecule has 8 nitrogen and oxygen atoms in total. The number of imide groups is 1. The van der Waals surface area contributed by atoms with Crippen LogP contribution in [0.4, 0.5) is 4.79 Å². The quantitative estimate of drug-likeness (QED) is 0.735. The van der Waals surface area contributed by atoms with E-state index in [1.54, 1.807) is 12.1 Å². The molecule has 2 heterocycles. The first kappa shape index (κ1) is 18.8. The maximum absolute atomic E-state index is 12.8. The third kappa shape index (κ3) is 3.74. The van der Waals surface area contributed by atoms with Crippen LogP contribution in [0, 0.1) is 13.8 Å². The Morgan fingerprint density at radius 1 is 1.15 bits per heavy atom. The lowest BCUT2D eigenvalue weighted by Gasteiger charge is -2.31. The first-order valence-corrected chi connectivity index (χ1v) is 10.1. The van der Waals surface area contributed by atoms with E-state index in [-0.39, 0.29) is 25.6 Å². The van der Waals surface area contributed by atoms with Crippen molar-refractivity contribution in [2.24, 2.45) is 0 Å². The number of cyclic esters (lactones) is 1. The smallest absolute Gasteiger partial charge is 0.416 e. The zero-order valence-electron chi connectivity index (χ0n) is 15.0. The predicted octanol–water partition coefficient (Wildman–Crippen LogP) is -0.829. The minimum Gasteiger partial charge on any atom is -0.447 e. The summed E-state index contributed by atoms with van der Waals surface area (Å²) in [6, 6.07) is 5.16. The topological polar surface area (TPSA) is 88.4 Å². The van der Waals surface area contributed by atoms with E-state index in [4.69, 9.17) is 4.74 Å². The van der Waals surface area contributed by atoms with Gasteiger partial charge in [-0.25, -0.2) is 18.1 Å². The summed E-state index contributed by atoms with van der Waals surface area (Å²) in [6.07, 6.45) is -0.592. The van der Waals surface area contributed by atoms with E-state index in [1.807, 2.05) is 19.9 Å². The van der Waals surface area contributed by atoms with Crippen LogP contribution in [0.25, 0.3) is 0 Å². The van der Waals surface area contributed by atoms with E-state index in [2.05, 4.69) is 0 Å². The van der Waals surface area contributed by atoms with Crippen LogP contribution in [-0.2, 0) is 19.6 Å². The van der Waals surface area contributed by atoms with Crippen LogP contribution >= 0.6 is 0 Å². The number of nitrogens with zero attached hydrogens (tertiary/aromatic N) is 2. The summed E-state index contributed by atoms with van der Waals surface area (Å²) >= 11 is 0. The van der Waals surface area contributed by atoms with Crippen LogP contribution in [-0.4, -0.2) is 75.5 Å². The Morgan fingerprint density at radius 2 is 1.85 bits per heavy atom. The van der Waals surface area contributed by atoms with Crippen LogP contribution in [0.2, 0.25) is 0 Å². The number of ether oxygens (including phenoxy) is 1. The number of carbonyl (C=O) groups is 2. The Bertz CT molecular complexity index is 816. The monoisotopic (exact) mass is 382 g/mol. The van der Waals surface area contributed by atoms with E-state index >= 15 is 0 Å². The van der Waals surface area contributed by atoms with E-state index < -0.39 is 16.1 Å². The number of carbonyl (C=O) groups excluding carboxylic acids is 2. The Hall–Kier alpha value is -1.97. The van der Waals surface area contributed by atoms with Crippen molar-refractivity contribution in [1.29, 1.82) is 0 Å². The van der Waals surface area contributed by atoms with Crippen LogP contribution in [0.1, 0.15) is 11.1 Å². The SMILES string of the molecule is Cc1ccc(S(=O)(=O)N2CC[NH+](CC(=O)N3CCOC3=O)CC2)cc1C. The summed E-state index contributed by atoms with van der Waals surface area (Å²) in [5.41, 5.74) is 2.00. The van der Waals surface area contributed by atoms with Crippen LogP contribution in [0.3, 0.4) is 0 Å². The molecule has 2 saturated heterocycles. The van der Waals surface area contributed by atoms with Gasteiger partial charge in [-0.15, -0.1) is 0 Å². The van der Waals surface area contributed by atoms with Crippen molar-refractivity contribution in [3.63, 3.8) is 0 Å². The number of hydrogen-bond acceptors (Lipinski definition) is 5. The van der Waals surface area contributed by atoms with Crippen LogP contribution < -0.4 is 4.90 Å². The summed E-state index contributed by atoms with van der Waals surface area (Å²) in [5, 5.41) is 0. The highest BCUT2D eigenvalue weighted by molar-refractivity contribution is 7.89. The normalized spacial score (nSPS) is 19.6. The standard InChI is InChI=1S/C17H23N3O5S/c1-13-3-4-15(11-14(13)2)26(23,24)19-7-5-18(6-8-19)12-16(21)20-9-10-25-17(20)22/h3-4,11H,5-10,12H2,1-2H3/p+1. The van der Waals surface area contributed by atoms with Gasteiger partial charge >= 0.3 is 6.09 Å². The zero-order chi connectivity index (χ0) is 18.9. The summed E-state index contributed by atoms with van der Waals surface area (Å²) < 4.78 is 31.9. The zero-order valence-corrected chi connectivity index (χ0v) is 15.8. The van der Waals surface area contributed by atoms with Gasteiger partial charge in [-0.05, 0) is 37.1 Å². The van der Waals surface area contributed by atoms with Gasteiger partial charge in [-0.1, -0.05) is 6.07 Å². The van der Waals surface area contributed by atoms with Gasteiger partial charge in [0, 0.05) is 0 Å². The third-order valence-corrected chi connectivity index (χ3v) is 6.90. The van der Waals surface area contributed by atoms with Crippen molar-refractivity contribution in [3.05, 3.63) is 29.3 Å². The van der Waals surface area contributed by atoms with Crippen molar-refractivity contribution in [3.8, 4) is 0 Å². The van der Waals surface area contributed by atoms with Gasteiger partial charge in [0.15, 0.2) is 6.54 Å². The summed E-state index contributed by atoms with van der Waals surface area (Å²) in [7, 11) is -3.53. The van der Waals surface area contributed by atoms with Gasteiger partial charge in [-0.2, -0.15) is 4.31 Å². The minimum atomic E-state index is -3.53. The van der Waals surface area contributed by atoms with Crippen molar-refractivity contribution in [2.75, 3.05) is 45.9 Å². The minimum absolute atomic E-state index is 0.173. The second-order valence-corrected chi connectivity index (χ2v) is 8.67. The van der Waals surface area contributed by atoms with Crippen molar-refractivity contribution in [1.82, 2.24) is 9.21 Å². The first-order chi connectivity index (χ1) is 12.3. The number of quaternary nitrogens is 1. The fourth-order valence-electron chi connectivity index (χ4n) is 3.17. The number of amides is 2. The number of piperazine rings is 1. The number of rotatable bonds is 4. The molecule has 142 valence electrons. The molecule has 0 bridgehead atoms. The highest BCUT2D eigenvalue weighted by Crippen LogP contribution is 2.19. The summed E-state index contributed by atoms with van der Waals surface area (Å²) in [5.74, 6) is -0.270. The Kier molecular flexibility index (Phi) is 5.31. The number of nitrogens with one attached hydrogen (secondary N) is 1. The highest BCUT2D eigenvalue weighted by Gasteiger charge is 2.34. The molecule has 0 aliphatic carbocycles. The lowest BCUT2D eigenvalue weighted by Crippen LogP contribution is -3.15. The molecule has 26 heavy (non-hydrogen) atoms. The largest absolute Gasteiger partial charge is 0.447 e. The molecule has 2 fully saturated rings. The molecule has 0 radical (unpaired) electrons. The molecule has 9 heteroatoms. The van der Waals surface area contributed by atoms with E-state index in [1.165, 1.54) is 4.31 Å². The molecule has 1 N–H and O–H groups in total. The van der Waals surface area contributed by atoms with Gasteiger partial charge < -0.3 is 9.64 Å². The molecule has 2 aliphatic heterocycles. The lowest BCUT2D eigenvalue weighted by molar-refractivity contribution is -0.895. The second-order valence-electron chi connectivity index (χ2n) is 6.74. The molecule has 0 atom stereocenters. The Labute approximate surface area is 153 Å². The number of sulfonamides is 1.